The zero-order valence-electron chi connectivity index (χ0n) is 16.0. The minimum Gasteiger partial charge on any atom is -0.385 e. The Morgan fingerprint density at radius 1 is 1.18 bits per heavy atom. The summed E-state index contributed by atoms with van der Waals surface area (Å²) in [5.74, 6) is -0.329. The van der Waals surface area contributed by atoms with Crippen molar-refractivity contribution < 1.29 is 24.3 Å². The second-order valence-electron chi connectivity index (χ2n) is 7.72. The number of benzene rings is 2. The summed E-state index contributed by atoms with van der Waals surface area (Å²) in [6, 6.07) is 13.1. The molecule has 0 spiro atoms. The van der Waals surface area contributed by atoms with Gasteiger partial charge in [-0.05, 0) is 23.3 Å². The van der Waals surface area contributed by atoms with Crippen LogP contribution in [0.3, 0.4) is 0 Å². The van der Waals surface area contributed by atoms with Gasteiger partial charge < -0.3 is 20.1 Å². The molecular weight excluding hydrogens is 358 g/mol. The SMILES string of the molecule is C[C@]1(c2cccc3ccccc23)NC(=O)N(C[C@H](O)C[NH+]2CCOCC2)C1=O. The number of aliphatic hydroxyl groups excluding tert-OH is 1. The van der Waals surface area contributed by atoms with E-state index < -0.39 is 17.7 Å². The highest BCUT2D eigenvalue weighted by Gasteiger charge is 2.50. The molecule has 3 N–H and O–H groups in total. The van der Waals surface area contributed by atoms with Crippen molar-refractivity contribution in [2.45, 2.75) is 18.6 Å². The van der Waals surface area contributed by atoms with Crippen LogP contribution in [0.4, 0.5) is 4.79 Å². The summed E-state index contributed by atoms with van der Waals surface area (Å²) in [7, 11) is 0. The average Bonchev–Trinajstić information content (AvgIpc) is 2.92. The van der Waals surface area contributed by atoms with Crippen LogP contribution in [0.25, 0.3) is 10.8 Å². The number of urea groups is 1. The normalized spacial score (nSPS) is 24.6. The van der Waals surface area contributed by atoms with E-state index >= 15 is 0 Å². The van der Waals surface area contributed by atoms with E-state index in [4.69, 9.17) is 4.74 Å². The topological polar surface area (TPSA) is 83.3 Å². The van der Waals surface area contributed by atoms with Crippen LogP contribution in [0.1, 0.15) is 12.5 Å². The van der Waals surface area contributed by atoms with Crippen molar-refractivity contribution in [3.05, 3.63) is 48.0 Å². The fourth-order valence-electron chi connectivity index (χ4n) is 4.18. The van der Waals surface area contributed by atoms with Crippen molar-refractivity contribution in [3.8, 4) is 0 Å². The van der Waals surface area contributed by atoms with Crippen molar-refractivity contribution in [3.63, 3.8) is 0 Å². The standard InChI is InChI=1S/C21H25N3O4/c1-21(18-8-4-6-15-5-2-3-7-17(15)18)19(26)24(20(27)22-21)14-16(25)13-23-9-11-28-12-10-23/h2-8,16,25H,9-14H2,1H3,(H,22,27)/p+1/t16-,21-/m1/s1. The van der Waals surface area contributed by atoms with E-state index in [1.54, 1.807) is 6.92 Å². The average molecular weight is 384 g/mol. The van der Waals surface area contributed by atoms with Gasteiger partial charge in [-0.2, -0.15) is 0 Å². The maximum atomic E-state index is 13.2. The number of nitrogens with one attached hydrogen (secondary N) is 2. The molecule has 2 atom stereocenters. The number of amides is 3. The number of nitrogens with zero attached hydrogens (tertiary/aromatic N) is 1. The molecule has 7 heteroatoms. The Bertz CT molecular complexity index is 891. The second kappa shape index (κ2) is 7.50. The van der Waals surface area contributed by atoms with Crippen LogP contribution in [0.5, 0.6) is 0 Å². The number of ether oxygens (including phenoxy) is 1. The first kappa shape index (κ1) is 18.9. The number of hydrogen-bond donors (Lipinski definition) is 3. The Morgan fingerprint density at radius 2 is 1.89 bits per heavy atom. The van der Waals surface area contributed by atoms with E-state index in [1.165, 1.54) is 4.90 Å². The third-order valence-corrected chi connectivity index (χ3v) is 5.72. The van der Waals surface area contributed by atoms with E-state index in [2.05, 4.69) is 5.32 Å². The van der Waals surface area contributed by atoms with Crippen LogP contribution in [0, 0.1) is 0 Å². The van der Waals surface area contributed by atoms with Gasteiger partial charge in [0.25, 0.3) is 5.91 Å². The van der Waals surface area contributed by atoms with Gasteiger partial charge in [-0.3, -0.25) is 9.69 Å². The zero-order chi connectivity index (χ0) is 19.7. The molecule has 2 saturated heterocycles. The Morgan fingerprint density at radius 3 is 2.68 bits per heavy atom. The zero-order valence-corrected chi connectivity index (χ0v) is 16.0. The predicted octanol–water partition coefficient (Wildman–Crippen LogP) is -0.117. The minimum atomic E-state index is -1.15. The third kappa shape index (κ3) is 3.37. The molecule has 3 amide bonds. The summed E-state index contributed by atoms with van der Waals surface area (Å²) < 4.78 is 5.33. The highest BCUT2D eigenvalue weighted by molar-refractivity contribution is 6.09. The van der Waals surface area contributed by atoms with Crippen LogP contribution in [0.2, 0.25) is 0 Å². The Kier molecular flexibility index (Phi) is 5.05. The number of fused-ring (bicyclic) bond motifs is 1. The van der Waals surface area contributed by atoms with Crippen molar-refractivity contribution in [1.29, 1.82) is 0 Å². The number of hydrogen-bond acceptors (Lipinski definition) is 4. The van der Waals surface area contributed by atoms with E-state index in [0.29, 0.717) is 19.8 Å². The molecule has 2 aliphatic rings. The first-order valence-corrected chi connectivity index (χ1v) is 9.71. The molecule has 2 aromatic rings. The maximum absolute atomic E-state index is 13.2. The maximum Gasteiger partial charge on any atom is 0.325 e. The monoisotopic (exact) mass is 384 g/mol. The smallest absolute Gasteiger partial charge is 0.325 e. The number of quaternary nitrogens is 1. The van der Waals surface area contributed by atoms with Crippen molar-refractivity contribution in [2.24, 2.45) is 0 Å². The van der Waals surface area contributed by atoms with Crippen LogP contribution >= 0.6 is 0 Å². The van der Waals surface area contributed by atoms with Crippen LogP contribution in [-0.4, -0.2) is 67.4 Å². The Balaban J connectivity index is 1.54. The Labute approximate surface area is 163 Å². The van der Waals surface area contributed by atoms with Gasteiger partial charge in [0, 0.05) is 0 Å². The van der Waals surface area contributed by atoms with Gasteiger partial charge in [-0.15, -0.1) is 0 Å². The molecule has 0 aliphatic carbocycles. The molecule has 28 heavy (non-hydrogen) atoms. The van der Waals surface area contributed by atoms with E-state index in [1.807, 2.05) is 42.5 Å². The number of carbonyl (C=O) groups excluding carboxylic acids is 2. The third-order valence-electron chi connectivity index (χ3n) is 5.72. The van der Waals surface area contributed by atoms with Crippen molar-refractivity contribution in [1.82, 2.24) is 10.2 Å². The fourth-order valence-corrected chi connectivity index (χ4v) is 4.18. The highest BCUT2D eigenvalue weighted by Crippen LogP contribution is 2.33. The van der Waals surface area contributed by atoms with Crippen LogP contribution in [-0.2, 0) is 15.1 Å². The molecule has 0 bridgehead atoms. The molecule has 0 saturated carbocycles. The molecule has 2 heterocycles. The second-order valence-corrected chi connectivity index (χ2v) is 7.72. The van der Waals surface area contributed by atoms with Crippen molar-refractivity contribution >= 4 is 22.7 Å². The molecule has 2 fully saturated rings. The van der Waals surface area contributed by atoms with Gasteiger partial charge in [0.1, 0.15) is 31.3 Å². The number of morpholine rings is 1. The van der Waals surface area contributed by atoms with Crippen molar-refractivity contribution in [2.75, 3.05) is 39.4 Å². The largest absolute Gasteiger partial charge is 0.385 e. The van der Waals surface area contributed by atoms with Gasteiger partial charge >= 0.3 is 6.03 Å². The minimum absolute atomic E-state index is 0.00458. The first-order chi connectivity index (χ1) is 13.5. The van der Waals surface area contributed by atoms with E-state index in [9.17, 15) is 14.7 Å². The molecule has 4 rings (SSSR count). The molecule has 2 aromatic carbocycles. The lowest BCUT2D eigenvalue weighted by molar-refractivity contribution is -0.910. The number of aliphatic hydroxyl groups is 1. The molecule has 0 radical (unpaired) electrons. The summed E-state index contributed by atoms with van der Waals surface area (Å²) >= 11 is 0. The lowest BCUT2D eigenvalue weighted by atomic mass is 9.88. The lowest BCUT2D eigenvalue weighted by Crippen LogP contribution is -3.15. The fraction of sp³-hybridized carbons (Fsp3) is 0.429. The summed E-state index contributed by atoms with van der Waals surface area (Å²) in [6.45, 7) is 5.21. The number of imide groups is 1. The van der Waals surface area contributed by atoms with E-state index in [-0.39, 0.29) is 12.5 Å². The lowest BCUT2D eigenvalue weighted by Gasteiger charge is -2.27. The summed E-state index contributed by atoms with van der Waals surface area (Å²) in [4.78, 5) is 28.2. The van der Waals surface area contributed by atoms with Gasteiger partial charge in [-0.1, -0.05) is 42.5 Å². The van der Waals surface area contributed by atoms with Gasteiger partial charge in [0.05, 0.1) is 19.8 Å². The Hall–Kier alpha value is -2.48. The van der Waals surface area contributed by atoms with Gasteiger partial charge in [0.15, 0.2) is 0 Å². The number of rotatable bonds is 5. The number of carbonyl (C=O) groups is 2. The molecule has 2 aliphatic heterocycles. The summed E-state index contributed by atoms with van der Waals surface area (Å²) in [5.41, 5.74) is -0.386. The quantitative estimate of drug-likeness (QED) is 0.628. The molecule has 0 unspecified atom stereocenters. The molecule has 0 aromatic heterocycles. The number of β-amino-alcohol motifs (C(OH)–C–C–N with tert-alkyl or cyclic N) is 1. The van der Waals surface area contributed by atoms with Crippen LogP contribution in [0.15, 0.2) is 42.5 Å². The summed E-state index contributed by atoms with van der Waals surface area (Å²) in [5, 5.41) is 15.3. The molecule has 148 valence electrons. The van der Waals surface area contributed by atoms with Gasteiger partial charge in [-0.25, -0.2) is 4.79 Å². The molecular formula is C21H26N3O4+. The first-order valence-electron chi connectivity index (χ1n) is 9.71. The van der Waals surface area contributed by atoms with E-state index in [0.717, 1.165) is 34.3 Å². The highest BCUT2D eigenvalue weighted by atomic mass is 16.5. The van der Waals surface area contributed by atoms with Gasteiger partial charge in [0.2, 0.25) is 0 Å². The van der Waals surface area contributed by atoms with Crippen LogP contribution < -0.4 is 10.2 Å². The molecule has 7 nitrogen and oxygen atoms in total. The summed E-state index contributed by atoms with van der Waals surface area (Å²) in [6.07, 6.45) is -0.766. The predicted molar refractivity (Wildman–Crippen MR) is 104 cm³/mol.